The minimum atomic E-state index is -3.26. The van der Waals surface area contributed by atoms with Crippen LogP contribution in [0.3, 0.4) is 0 Å². The largest absolute Gasteiger partial charge is 0.497 e. The second-order valence-electron chi connectivity index (χ2n) is 5.13. The van der Waals surface area contributed by atoms with Gasteiger partial charge in [-0.3, -0.25) is 0 Å². The van der Waals surface area contributed by atoms with Gasteiger partial charge in [0.2, 0.25) is 21.7 Å². The SMILES string of the molecule is COc1ccc(OCc2noc(CNS(=O)(=O)C3CC3)n2)cc1. The van der Waals surface area contributed by atoms with Gasteiger partial charge in [0.05, 0.1) is 18.9 Å². The van der Waals surface area contributed by atoms with E-state index in [1.165, 1.54) is 0 Å². The van der Waals surface area contributed by atoms with E-state index in [9.17, 15) is 8.42 Å². The number of sulfonamides is 1. The van der Waals surface area contributed by atoms with Gasteiger partial charge >= 0.3 is 0 Å². The smallest absolute Gasteiger partial charge is 0.241 e. The molecule has 2 aromatic rings. The van der Waals surface area contributed by atoms with Crippen molar-refractivity contribution in [3.63, 3.8) is 0 Å². The van der Waals surface area contributed by atoms with Crippen LogP contribution in [0.25, 0.3) is 0 Å². The summed E-state index contributed by atoms with van der Waals surface area (Å²) in [6, 6.07) is 7.10. The van der Waals surface area contributed by atoms with Crippen LogP contribution in [0.4, 0.5) is 0 Å². The maximum Gasteiger partial charge on any atom is 0.241 e. The molecule has 1 N–H and O–H groups in total. The normalized spacial score (nSPS) is 14.7. The molecular formula is C14H17N3O5S. The summed E-state index contributed by atoms with van der Waals surface area (Å²) < 4.78 is 41.4. The van der Waals surface area contributed by atoms with Gasteiger partial charge in [-0.05, 0) is 37.1 Å². The van der Waals surface area contributed by atoms with Crippen molar-refractivity contribution in [1.82, 2.24) is 14.9 Å². The van der Waals surface area contributed by atoms with Crippen LogP contribution in [0, 0.1) is 0 Å². The van der Waals surface area contributed by atoms with E-state index in [4.69, 9.17) is 14.0 Å². The van der Waals surface area contributed by atoms with Gasteiger partial charge in [0.15, 0.2) is 6.61 Å². The standard InChI is InChI=1S/C14H17N3O5S/c1-20-10-2-4-11(5-3-10)21-9-13-16-14(22-17-13)8-15-23(18,19)12-6-7-12/h2-5,12,15H,6-9H2,1H3. The average molecular weight is 339 g/mol. The third kappa shape index (κ3) is 4.20. The Kier molecular flexibility index (Phi) is 4.49. The fourth-order valence-electron chi connectivity index (χ4n) is 1.90. The third-order valence-electron chi connectivity index (χ3n) is 3.33. The van der Waals surface area contributed by atoms with E-state index < -0.39 is 10.0 Å². The highest BCUT2D eigenvalue weighted by molar-refractivity contribution is 7.90. The number of rotatable bonds is 8. The van der Waals surface area contributed by atoms with Crippen molar-refractivity contribution in [3.8, 4) is 11.5 Å². The second-order valence-corrected chi connectivity index (χ2v) is 7.18. The van der Waals surface area contributed by atoms with Crippen molar-refractivity contribution in [1.29, 1.82) is 0 Å². The van der Waals surface area contributed by atoms with E-state index in [1.807, 2.05) is 0 Å². The predicted molar refractivity (Wildman–Crippen MR) is 80.4 cm³/mol. The molecule has 0 bridgehead atoms. The number of nitrogens with one attached hydrogen (secondary N) is 1. The molecule has 1 heterocycles. The maximum atomic E-state index is 11.7. The summed E-state index contributed by atoms with van der Waals surface area (Å²) in [7, 11) is -1.67. The highest BCUT2D eigenvalue weighted by Crippen LogP contribution is 2.27. The first-order valence-electron chi connectivity index (χ1n) is 7.13. The lowest BCUT2D eigenvalue weighted by molar-refractivity contribution is 0.284. The van der Waals surface area contributed by atoms with E-state index >= 15 is 0 Å². The molecule has 1 aliphatic rings. The first kappa shape index (κ1) is 15.8. The number of aromatic nitrogens is 2. The zero-order chi connectivity index (χ0) is 16.3. The average Bonchev–Trinajstić information content (AvgIpc) is 3.33. The summed E-state index contributed by atoms with van der Waals surface area (Å²) in [5.74, 6) is 1.94. The molecule has 0 unspecified atom stereocenters. The molecule has 0 spiro atoms. The lowest BCUT2D eigenvalue weighted by Gasteiger charge is -2.04. The number of hydrogen-bond acceptors (Lipinski definition) is 7. The molecule has 3 rings (SSSR count). The van der Waals surface area contributed by atoms with E-state index in [1.54, 1.807) is 31.4 Å². The number of ether oxygens (including phenoxy) is 2. The van der Waals surface area contributed by atoms with Gasteiger partial charge in [-0.2, -0.15) is 4.98 Å². The molecule has 1 saturated carbocycles. The van der Waals surface area contributed by atoms with Crippen LogP contribution in [-0.2, 0) is 23.2 Å². The highest BCUT2D eigenvalue weighted by Gasteiger charge is 2.35. The van der Waals surface area contributed by atoms with Crippen molar-refractivity contribution in [2.75, 3.05) is 7.11 Å². The fourth-order valence-corrected chi connectivity index (χ4v) is 3.22. The minimum absolute atomic E-state index is 0.00559. The van der Waals surface area contributed by atoms with Gasteiger partial charge in [0.1, 0.15) is 11.5 Å². The molecule has 1 aromatic carbocycles. The maximum absolute atomic E-state index is 11.7. The van der Waals surface area contributed by atoms with Crippen LogP contribution in [0.1, 0.15) is 24.6 Å². The van der Waals surface area contributed by atoms with E-state index in [2.05, 4.69) is 14.9 Å². The molecule has 0 amide bonds. The van der Waals surface area contributed by atoms with Crippen LogP contribution >= 0.6 is 0 Å². The predicted octanol–water partition coefficient (Wildman–Crippen LogP) is 1.24. The van der Waals surface area contributed by atoms with Crippen LogP contribution in [0.5, 0.6) is 11.5 Å². The van der Waals surface area contributed by atoms with Gasteiger partial charge in [-0.25, -0.2) is 13.1 Å². The third-order valence-corrected chi connectivity index (χ3v) is 5.22. The van der Waals surface area contributed by atoms with Crippen LogP contribution < -0.4 is 14.2 Å². The molecule has 1 aromatic heterocycles. The van der Waals surface area contributed by atoms with E-state index in [0.717, 1.165) is 5.75 Å². The Morgan fingerprint density at radius 2 is 1.96 bits per heavy atom. The number of nitrogens with zero attached hydrogens (tertiary/aromatic N) is 2. The topological polar surface area (TPSA) is 104 Å². The number of methoxy groups -OCH3 is 1. The summed E-state index contributed by atoms with van der Waals surface area (Å²) in [5.41, 5.74) is 0. The molecule has 23 heavy (non-hydrogen) atoms. The molecule has 0 atom stereocenters. The van der Waals surface area contributed by atoms with Crippen molar-refractivity contribution in [2.45, 2.75) is 31.2 Å². The van der Waals surface area contributed by atoms with Crippen LogP contribution in [0.2, 0.25) is 0 Å². The molecule has 9 heteroatoms. The Hall–Kier alpha value is -2.13. The van der Waals surface area contributed by atoms with Crippen molar-refractivity contribution in [2.24, 2.45) is 0 Å². The van der Waals surface area contributed by atoms with Gasteiger partial charge < -0.3 is 14.0 Å². The summed E-state index contributed by atoms with van der Waals surface area (Å²) in [6.07, 6.45) is 1.42. The van der Waals surface area contributed by atoms with E-state index in [-0.39, 0.29) is 24.3 Å². The van der Waals surface area contributed by atoms with Gasteiger partial charge in [-0.1, -0.05) is 5.16 Å². The number of benzene rings is 1. The monoisotopic (exact) mass is 339 g/mol. The Morgan fingerprint density at radius 1 is 1.26 bits per heavy atom. The molecular weight excluding hydrogens is 322 g/mol. The quantitative estimate of drug-likeness (QED) is 0.771. The zero-order valence-electron chi connectivity index (χ0n) is 12.6. The van der Waals surface area contributed by atoms with Crippen LogP contribution in [0.15, 0.2) is 28.8 Å². The Bertz CT molecular complexity index is 753. The molecule has 1 fully saturated rings. The Balaban J connectivity index is 1.50. The molecule has 0 aliphatic heterocycles. The first-order valence-corrected chi connectivity index (χ1v) is 8.68. The first-order chi connectivity index (χ1) is 11.1. The van der Waals surface area contributed by atoms with Crippen molar-refractivity contribution in [3.05, 3.63) is 36.0 Å². The summed E-state index contributed by atoms with van der Waals surface area (Å²) in [6.45, 7) is 0.125. The second kappa shape index (κ2) is 6.55. The zero-order valence-corrected chi connectivity index (χ0v) is 13.4. The molecule has 0 saturated heterocycles. The summed E-state index contributed by atoms with van der Waals surface area (Å²) in [5, 5.41) is 3.48. The van der Waals surface area contributed by atoms with Crippen molar-refractivity contribution < 1.29 is 22.4 Å². The molecule has 8 nitrogen and oxygen atoms in total. The summed E-state index contributed by atoms with van der Waals surface area (Å²) >= 11 is 0. The van der Waals surface area contributed by atoms with E-state index in [0.29, 0.717) is 24.4 Å². The molecule has 0 radical (unpaired) electrons. The number of hydrogen-bond donors (Lipinski definition) is 1. The minimum Gasteiger partial charge on any atom is -0.497 e. The van der Waals surface area contributed by atoms with Gasteiger partial charge in [-0.15, -0.1) is 0 Å². The lowest BCUT2D eigenvalue weighted by atomic mass is 10.3. The van der Waals surface area contributed by atoms with Crippen LogP contribution in [-0.4, -0.2) is 30.9 Å². The van der Waals surface area contributed by atoms with Crippen molar-refractivity contribution >= 4 is 10.0 Å². The van der Waals surface area contributed by atoms with Gasteiger partial charge in [0.25, 0.3) is 0 Å². The van der Waals surface area contributed by atoms with Gasteiger partial charge in [0, 0.05) is 0 Å². The summed E-state index contributed by atoms with van der Waals surface area (Å²) in [4.78, 5) is 4.09. The Morgan fingerprint density at radius 3 is 2.61 bits per heavy atom. The molecule has 1 aliphatic carbocycles. The molecule has 124 valence electrons. The lowest BCUT2D eigenvalue weighted by Crippen LogP contribution is -2.26. The highest BCUT2D eigenvalue weighted by atomic mass is 32.2. The Labute approximate surface area is 133 Å². The fraction of sp³-hybridized carbons (Fsp3) is 0.429.